The number of aliphatic hydroxyl groups excluding tert-OH is 1. The fraction of sp³-hybridized carbons (Fsp3) is 0.769. The summed E-state index contributed by atoms with van der Waals surface area (Å²) in [6.07, 6.45) is 12.3. The van der Waals surface area contributed by atoms with Gasteiger partial charge in [-0.1, -0.05) is 77.7 Å². The molecule has 1 amide bonds. The predicted molar refractivity (Wildman–Crippen MR) is 190 cm³/mol. The van der Waals surface area contributed by atoms with E-state index in [9.17, 15) is 24.6 Å². The van der Waals surface area contributed by atoms with Crippen molar-refractivity contribution < 1.29 is 48.3 Å². The van der Waals surface area contributed by atoms with E-state index in [1.807, 2.05) is 39.0 Å². The Labute approximate surface area is 299 Å². The van der Waals surface area contributed by atoms with Crippen LogP contribution in [0.5, 0.6) is 0 Å². The van der Waals surface area contributed by atoms with E-state index in [0.29, 0.717) is 0 Å². The first-order valence-electron chi connectivity index (χ1n) is 18.6. The highest BCUT2D eigenvalue weighted by Gasteiger charge is 2.52. The lowest BCUT2D eigenvalue weighted by Gasteiger charge is -2.32. The van der Waals surface area contributed by atoms with E-state index >= 15 is 0 Å². The van der Waals surface area contributed by atoms with Crippen LogP contribution in [0.2, 0.25) is 0 Å². The molecular weight excluding hydrogens is 642 g/mol. The summed E-state index contributed by atoms with van der Waals surface area (Å²) in [4.78, 5) is 37.8. The molecule has 2 heterocycles. The topological polar surface area (TPSA) is 153 Å². The van der Waals surface area contributed by atoms with Crippen LogP contribution >= 0.6 is 0 Å². The van der Waals surface area contributed by atoms with Crippen molar-refractivity contribution in [1.29, 1.82) is 0 Å². The largest absolute Gasteiger partial charge is 0.457 e. The molecule has 0 radical (unpaired) electrons. The molecule has 3 N–H and O–H groups in total. The number of aliphatic hydroxyl groups is 2. The Morgan fingerprint density at radius 3 is 2.46 bits per heavy atom. The van der Waals surface area contributed by atoms with Gasteiger partial charge in [-0.3, -0.25) is 9.59 Å². The number of carbonyl (C=O) groups excluding carboxylic acids is 3. The molecule has 11 heteroatoms. The maximum absolute atomic E-state index is 13.1. The monoisotopic (exact) mass is 705 g/mol. The Morgan fingerprint density at radius 2 is 1.82 bits per heavy atom. The Morgan fingerprint density at radius 1 is 1.12 bits per heavy atom. The van der Waals surface area contributed by atoms with E-state index in [4.69, 9.17) is 23.7 Å². The highest BCUT2D eigenvalue weighted by atomic mass is 16.6. The lowest BCUT2D eigenvalue weighted by atomic mass is 9.88. The molecule has 3 aliphatic rings. The van der Waals surface area contributed by atoms with Crippen molar-refractivity contribution in [2.45, 2.75) is 167 Å². The maximum Gasteiger partial charge on any atom is 0.407 e. The predicted octanol–water partition coefficient (Wildman–Crippen LogP) is 6.10. The number of epoxide rings is 1. The number of carbonyl (C=O) groups is 3. The van der Waals surface area contributed by atoms with Crippen LogP contribution < -0.4 is 5.32 Å². The minimum atomic E-state index is -1.44. The molecule has 0 aromatic carbocycles. The molecule has 284 valence electrons. The van der Waals surface area contributed by atoms with Crippen LogP contribution in [0.3, 0.4) is 0 Å². The molecule has 11 nitrogen and oxygen atoms in total. The molecule has 3 rings (SSSR count). The number of nitrogens with one attached hydrogen (secondary N) is 1. The molecule has 0 aromatic rings. The first kappa shape index (κ1) is 41.7. The second-order valence-electron chi connectivity index (χ2n) is 14.9. The fourth-order valence-corrected chi connectivity index (χ4v) is 7.18. The van der Waals surface area contributed by atoms with Crippen LogP contribution in [0.15, 0.2) is 36.0 Å². The summed E-state index contributed by atoms with van der Waals surface area (Å²) in [7, 11) is 1.72. The van der Waals surface area contributed by atoms with E-state index in [2.05, 4.69) is 19.2 Å². The number of allylic oxidation sites excluding steroid dienone is 2. The number of amides is 1. The van der Waals surface area contributed by atoms with Crippen molar-refractivity contribution in [2.24, 2.45) is 17.8 Å². The Hall–Kier alpha value is -2.73. The van der Waals surface area contributed by atoms with Gasteiger partial charge in [-0.25, -0.2) is 4.79 Å². The van der Waals surface area contributed by atoms with E-state index in [1.54, 1.807) is 26.2 Å². The standard InChI is InChI=1S/C39H63NO10/c1-9-14-31(46-8)27(5)36-37(49-36)35(50-38(44)40-29-17-11-10-12-18-29)25(3)16-13-15-24(2)34-26(4)19-20-32(47-28(6)41)39(7,45)22-21-30(42)23-33(43)48-34/h13,15-16,19-20,25-27,29-32,34-37,42,45H,9-12,14,17-18,21-23H2,1-8H3,(H,40,44)/b16-13+,20-19+,24-15+. The van der Waals surface area contributed by atoms with Crippen LogP contribution in [-0.2, 0) is 33.3 Å². The van der Waals surface area contributed by atoms with Gasteiger partial charge in [0.05, 0.1) is 24.7 Å². The first-order chi connectivity index (χ1) is 23.7. The summed E-state index contributed by atoms with van der Waals surface area (Å²) < 4.78 is 29.3. The van der Waals surface area contributed by atoms with E-state index in [-0.39, 0.29) is 61.4 Å². The first-order valence-corrected chi connectivity index (χ1v) is 18.6. The zero-order valence-electron chi connectivity index (χ0n) is 31.5. The number of cyclic esters (lactones) is 1. The van der Waals surface area contributed by atoms with Gasteiger partial charge in [-0.2, -0.15) is 0 Å². The van der Waals surface area contributed by atoms with Crippen LogP contribution in [0.25, 0.3) is 0 Å². The van der Waals surface area contributed by atoms with Gasteiger partial charge in [-0.05, 0) is 57.6 Å². The minimum absolute atomic E-state index is 0.0457. The SMILES string of the molecule is CCCC(OC)C(C)C1OC1C(OC(=O)NC1CCCCC1)C(C)/C=C/C=C(\C)C1OC(=O)CC(O)CCC(C)(O)C(OC(C)=O)/C=C/C1C. The van der Waals surface area contributed by atoms with Gasteiger partial charge in [0.1, 0.15) is 30.0 Å². The average molecular weight is 706 g/mol. The van der Waals surface area contributed by atoms with Gasteiger partial charge in [0.25, 0.3) is 0 Å². The normalized spacial score (nSPS) is 33.2. The zero-order chi connectivity index (χ0) is 37.0. The van der Waals surface area contributed by atoms with Crippen molar-refractivity contribution in [3.8, 4) is 0 Å². The Kier molecular flexibility index (Phi) is 16.5. The van der Waals surface area contributed by atoms with E-state index < -0.39 is 48.0 Å². The molecule has 2 aliphatic heterocycles. The van der Waals surface area contributed by atoms with Gasteiger partial charge in [-0.15, -0.1) is 0 Å². The van der Waals surface area contributed by atoms with E-state index in [0.717, 1.165) is 44.1 Å². The van der Waals surface area contributed by atoms with Crippen molar-refractivity contribution in [1.82, 2.24) is 5.32 Å². The summed E-state index contributed by atoms with van der Waals surface area (Å²) in [6, 6.07) is 0.117. The fourth-order valence-electron chi connectivity index (χ4n) is 7.18. The smallest absolute Gasteiger partial charge is 0.407 e. The van der Waals surface area contributed by atoms with Crippen LogP contribution in [0.1, 0.15) is 113 Å². The number of rotatable bonds is 13. The second kappa shape index (κ2) is 19.8. The van der Waals surface area contributed by atoms with Crippen molar-refractivity contribution in [2.75, 3.05) is 7.11 Å². The lowest BCUT2D eigenvalue weighted by Crippen LogP contribution is -2.42. The summed E-state index contributed by atoms with van der Waals surface area (Å²) in [5.74, 6) is -1.52. The Bertz CT molecular complexity index is 1190. The van der Waals surface area contributed by atoms with Gasteiger partial charge in [0, 0.05) is 37.8 Å². The van der Waals surface area contributed by atoms with Crippen molar-refractivity contribution >= 4 is 18.0 Å². The third-order valence-corrected chi connectivity index (χ3v) is 10.4. The molecule has 2 fully saturated rings. The van der Waals surface area contributed by atoms with Gasteiger partial charge in [0.15, 0.2) is 0 Å². The number of hydrogen-bond acceptors (Lipinski definition) is 10. The van der Waals surface area contributed by atoms with Crippen molar-refractivity contribution in [3.05, 3.63) is 36.0 Å². The molecular formula is C39H63NO10. The summed E-state index contributed by atoms with van der Waals surface area (Å²) >= 11 is 0. The summed E-state index contributed by atoms with van der Waals surface area (Å²) in [6.45, 7) is 12.8. The highest BCUT2D eigenvalue weighted by Crippen LogP contribution is 2.39. The van der Waals surface area contributed by atoms with Crippen LogP contribution in [-0.4, -0.2) is 89.7 Å². The van der Waals surface area contributed by atoms with Gasteiger partial charge < -0.3 is 39.2 Å². The minimum Gasteiger partial charge on any atom is -0.457 e. The number of hydrogen-bond donors (Lipinski definition) is 3. The molecule has 11 unspecified atom stereocenters. The molecule has 1 saturated heterocycles. The maximum atomic E-state index is 13.1. The Balaban J connectivity index is 1.81. The van der Waals surface area contributed by atoms with Crippen molar-refractivity contribution in [3.63, 3.8) is 0 Å². The number of esters is 2. The molecule has 50 heavy (non-hydrogen) atoms. The van der Waals surface area contributed by atoms with Crippen LogP contribution in [0, 0.1) is 17.8 Å². The summed E-state index contributed by atoms with van der Waals surface area (Å²) in [5, 5.41) is 24.7. The van der Waals surface area contributed by atoms with Gasteiger partial charge in [0.2, 0.25) is 0 Å². The second-order valence-corrected chi connectivity index (χ2v) is 14.9. The van der Waals surface area contributed by atoms with Crippen LogP contribution in [0.4, 0.5) is 4.79 Å². The molecule has 0 aromatic heterocycles. The number of ether oxygens (including phenoxy) is 5. The zero-order valence-corrected chi connectivity index (χ0v) is 31.5. The molecule has 1 aliphatic carbocycles. The molecule has 1 saturated carbocycles. The third-order valence-electron chi connectivity index (χ3n) is 10.4. The average Bonchev–Trinajstić information content (AvgIpc) is 3.86. The highest BCUT2D eigenvalue weighted by molar-refractivity contribution is 5.70. The molecule has 0 spiro atoms. The molecule has 11 atom stereocenters. The van der Waals surface area contributed by atoms with Gasteiger partial charge >= 0.3 is 18.0 Å². The quantitative estimate of drug-likeness (QED) is 0.0674. The number of alkyl carbamates (subject to hydrolysis) is 1. The molecule has 0 bridgehead atoms. The lowest BCUT2D eigenvalue weighted by molar-refractivity contribution is -0.157. The number of methoxy groups -OCH3 is 1. The van der Waals surface area contributed by atoms with E-state index in [1.165, 1.54) is 13.3 Å². The summed E-state index contributed by atoms with van der Waals surface area (Å²) in [5.41, 5.74) is -0.704. The third kappa shape index (κ3) is 12.8.